The lowest BCUT2D eigenvalue weighted by Gasteiger charge is -2.26. The first-order valence-electron chi connectivity index (χ1n) is 9.65. The number of hydrogen-bond donors (Lipinski definition) is 2. The second-order valence-corrected chi connectivity index (χ2v) is 6.98. The van der Waals surface area contributed by atoms with Gasteiger partial charge in [-0.2, -0.15) is 0 Å². The van der Waals surface area contributed by atoms with Gasteiger partial charge in [0.05, 0.1) is 13.2 Å². The Morgan fingerprint density at radius 2 is 1.89 bits per heavy atom. The molecule has 0 aromatic heterocycles. The molecule has 0 radical (unpaired) electrons. The van der Waals surface area contributed by atoms with Crippen LogP contribution >= 0.6 is 0 Å². The van der Waals surface area contributed by atoms with E-state index in [0.29, 0.717) is 6.42 Å². The molecule has 2 N–H and O–H groups in total. The molecule has 0 bridgehead atoms. The van der Waals surface area contributed by atoms with Gasteiger partial charge in [-0.1, -0.05) is 36.4 Å². The molecule has 0 atom stereocenters. The fourth-order valence-corrected chi connectivity index (χ4v) is 3.22. The van der Waals surface area contributed by atoms with E-state index in [9.17, 15) is 4.79 Å². The maximum atomic E-state index is 12.2. The molecule has 1 amide bonds. The number of rotatable bonds is 8. The zero-order valence-electron chi connectivity index (χ0n) is 16.0. The van der Waals surface area contributed by atoms with Gasteiger partial charge in [0.15, 0.2) is 0 Å². The van der Waals surface area contributed by atoms with Gasteiger partial charge in [-0.05, 0) is 35.7 Å². The van der Waals surface area contributed by atoms with E-state index in [1.807, 2.05) is 18.2 Å². The molecule has 1 heterocycles. The van der Waals surface area contributed by atoms with Gasteiger partial charge in [-0.25, -0.2) is 0 Å². The summed E-state index contributed by atoms with van der Waals surface area (Å²) < 4.78 is 5.33. The predicted octanol–water partition coefficient (Wildman–Crippen LogP) is 2.95. The van der Waals surface area contributed by atoms with Crippen molar-refractivity contribution in [1.82, 2.24) is 10.2 Å². The number of morpholine rings is 1. The highest BCUT2D eigenvalue weighted by Crippen LogP contribution is 2.12. The normalized spacial score (nSPS) is 14.9. The van der Waals surface area contributed by atoms with Crippen LogP contribution in [0.15, 0.2) is 48.5 Å². The summed E-state index contributed by atoms with van der Waals surface area (Å²) in [6, 6.07) is 16.4. The Kier molecular flexibility index (Phi) is 7.39. The van der Waals surface area contributed by atoms with Crippen molar-refractivity contribution in [2.24, 2.45) is 0 Å². The Morgan fingerprint density at radius 1 is 1.07 bits per heavy atom. The van der Waals surface area contributed by atoms with Crippen molar-refractivity contribution >= 4 is 11.6 Å². The average Bonchev–Trinajstić information content (AvgIpc) is 2.69. The maximum absolute atomic E-state index is 12.2. The molecule has 27 heavy (non-hydrogen) atoms. The van der Waals surface area contributed by atoms with Crippen molar-refractivity contribution in [3.05, 3.63) is 65.2 Å². The van der Waals surface area contributed by atoms with E-state index in [1.54, 1.807) is 0 Å². The molecule has 0 unspecified atom stereocenters. The number of anilines is 1. The third kappa shape index (κ3) is 6.47. The fourth-order valence-electron chi connectivity index (χ4n) is 3.22. The second kappa shape index (κ2) is 10.2. The molecular formula is C22H29N3O2. The minimum atomic E-state index is 0.0616. The third-order valence-electron chi connectivity index (χ3n) is 4.88. The zero-order chi connectivity index (χ0) is 18.9. The number of ether oxygens (including phenoxy) is 1. The van der Waals surface area contributed by atoms with Crippen molar-refractivity contribution in [2.45, 2.75) is 26.4 Å². The van der Waals surface area contributed by atoms with Crippen LogP contribution in [0, 0.1) is 6.92 Å². The van der Waals surface area contributed by atoms with Gasteiger partial charge in [0.25, 0.3) is 0 Å². The summed E-state index contributed by atoms with van der Waals surface area (Å²) in [6.45, 7) is 7.87. The van der Waals surface area contributed by atoms with Crippen LogP contribution in [0.25, 0.3) is 0 Å². The Labute approximate surface area is 161 Å². The maximum Gasteiger partial charge on any atom is 0.225 e. The molecule has 0 saturated carbocycles. The predicted molar refractivity (Wildman–Crippen MR) is 109 cm³/mol. The lowest BCUT2D eigenvalue weighted by atomic mass is 10.1. The molecule has 0 spiro atoms. The second-order valence-electron chi connectivity index (χ2n) is 6.98. The minimum absolute atomic E-state index is 0.0616. The third-order valence-corrected chi connectivity index (χ3v) is 4.88. The molecule has 2 aromatic rings. The topological polar surface area (TPSA) is 53.6 Å². The molecule has 0 aliphatic carbocycles. The van der Waals surface area contributed by atoms with Gasteiger partial charge in [-0.3, -0.25) is 9.69 Å². The Hall–Kier alpha value is -2.21. The van der Waals surface area contributed by atoms with E-state index in [0.717, 1.165) is 57.2 Å². The molecule has 1 aliphatic heterocycles. The van der Waals surface area contributed by atoms with Crippen LogP contribution in [0.4, 0.5) is 5.69 Å². The van der Waals surface area contributed by atoms with Crippen LogP contribution < -0.4 is 10.6 Å². The number of carbonyl (C=O) groups excluding carboxylic acids is 1. The van der Waals surface area contributed by atoms with Crippen molar-refractivity contribution < 1.29 is 9.53 Å². The highest BCUT2D eigenvalue weighted by atomic mass is 16.5. The highest BCUT2D eigenvalue weighted by molar-refractivity contribution is 5.90. The number of amides is 1. The fraction of sp³-hybridized carbons (Fsp3) is 0.409. The summed E-state index contributed by atoms with van der Waals surface area (Å²) in [5.74, 6) is 0.0616. The lowest BCUT2D eigenvalue weighted by molar-refractivity contribution is -0.116. The number of carbonyl (C=O) groups is 1. The monoisotopic (exact) mass is 367 g/mol. The number of nitrogens with zero attached hydrogens (tertiary/aromatic N) is 1. The van der Waals surface area contributed by atoms with E-state index >= 15 is 0 Å². The first-order valence-corrected chi connectivity index (χ1v) is 9.65. The van der Waals surface area contributed by atoms with Crippen LogP contribution in [-0.2, 0) is 22.6 Å². The van der Waals surface area contributed by atoms with Crippen LogP contribution in [0.3, 0.4) is 0 Å². The van der Waals surface area contributed by atoms with Crippen molar-refractivity contribution in [2.75, 3.05) is 38.2 Å². The lowest BCUT2D eigenvalue weighted by Crippen LogP contribution is -2.38. The quantitative estimate of drug-likeness (QED) is 0.753. The Morgan fingerprint density at radius 3 is 2.70 bits per heavy atom. The van der Waals surface area contributed by atoms with Crippen LogP contribution in [0.5, 0.6) is 0 Å². The van der Waals surface area contributed by atoms with Crippen LogP contribution in [-0.4, -0.2) is 43.7 Å². The van der Waals surface area contributed by atoms with Crippen molar-refractivity contribution in [3.8, 4) is 0 Å². The highest BCUT2D eigenvalue weighted by Gasteiger charge is 2.12. The minimum Gasteiger partial charge on any atom is -0.379 e. The molecule has 3 rings (SSSR count). The average molecular weight is 367 g/mol. The Balaban J connectivity index is 1.43. The van der Waals surface area contributed by atoms with Crippen molar-refractivity contribution in [3.63, 3.8) is 0 Å². The molecular weight excluding hydrogens is 338 g/mol. The smallest absolute Gasteiger partial charge is 0.225 e. The summed E-state index contributed by atoms with van der Waals surface area (Å²) in [5.41, 5.74) is 4.63. The standard InChI is InChI=1S/C22H29N3O2/c1-18-5-2-3-7-20(18)17-23-16-19-6-4-8-21(15-19)24-22(26)9-10-25-11-13-27-14-12-25/h2-8,15,23H,9-14,16-17H2,1H3,(H,24,26). The molecule has 1 fully saturated rings. The summed E-state index contributed by atoms with van der Waals surface area (Å²) in [5, 5.41) is 6.49. The summed E-state index contributed by atoms with van der Waals surface area (Å²) in [4.78, 5) is 14.5. The van der Waals surface area contributed by atoms with E-state index in [2.05, 4.69) is 52.8 Å². The van der Waals surface area contributed by atoms with Crippen LogP contribution in [0.1, 0.15) is 23.1 Å². The van der Waals surface area contributed by atoms with Gasteiger partial charge >= 0.3 is 0 Å². The molecule has 5 nitrogen and oxygen atoms in total. The molecule has 2 aromatic carbocycles. The molecule has 1 saturated heterocycles. The molecule has 5 heteroatoms. The molecule has 144 valence electrons. The van der Waals surface area contributed by atoms with E-state index < -0.39 is 0 Å². The molecule has 1 aliphatic rings. The largest absolute Gasteiger partial charge is 0.379 e. The van der Waals surface area contributed by atoms with Gasteiger partial charge in [-0.15, -0.1) is 0 Å². The van der Waals surface area contributed by atoms with Gasteiger partial charge in [0.1, 0.15) is 0 Å². The zero-order valence-corrected chi connectivity index (χ0v) is 16.0. The number of hydrogen-bond acceptors (Lipinski definition) is 4. The first-order chi connectivity index (χ1) is 13.2. The first kappa shape index (κ1) is 19.5. The number of benzene rings is 2. The summed E-state index contributed by atoms with van der Waals surface area (Å²) in [6.07, 6.45) is 0.510. The summed E-state index contributed by atoms with van der Waals surface area (Å²) >= 11 is 0. The van der Waals surface area contributed by atoms with Gasteiger partial charge in [0.2, 0.25) is 5.91 Å². The van der Waals surface area contributed by atoms with Gasteiger partial charge < -0.3 is 15.4 Å². The SMILES string of the molecule is Cc1ccccc1CNCc1cccc(NC(=O)CCN2CCOCC2)c1. The summed E-state index contributed by atoms with van der Waals surface area (Å²) in [7, 11) is 0. The number of aryl methyl sites for hydroxylation is 1. The van der Waals surface area contributed by atoms with Gasteiger partial charge in [0, 0.05) is 44.8 Å². The van der Waals surface area contributed by atoms with E-state index in [4.69, 9.17) is 4.74 Å². The van der Waals surface area contributed by atoms with E-state index in [1.165, 1.54) is 11.1 Å². The van der Waals surface area contributed by atoms with Crippen molar-refractivity contribution in [1.29, 1.82) is 0 Å². The van der Waals surface area contributed by atoms with E-state index in [-0.39, 0.29) is 5.91 Å². The Bertz CT molecular complexity index is 742. The van der Waals surface area contributed by atoms with Crippen LogP contribution in [0.2, 0.25) is 0 Å². The number of nitrogens with one attached hydrogen (secondary N) is 2.